The molecule has 0 radical (unpaired) electrons. The van der Waals surface area contributed by atoms with Gasteiger partial charge in [0.25, 0.3) is 5.89 Å². The van der Waals surface area contributed by atoms with E-state index in [0.29, 0.717) is 11.5 Å². The topological polar surface area (TPSA) is 103 Å². The molecule has 0 spiro atoms. The van der Waals surface area contributed by atoms with E-state index >= 15 is 0 Å². The number of benzene rings is 1. The summed E-state index contributed by atoms with van der Waals surface area (Å²) in [5, 5.41) is 7.63. The predicted octanol–water partition coefficient (Wildman–Crippen LogP) is 2.81. The minimum atomic E-state index is -0.573. The monoisotopic (exact) mass is 383 g/mol. The number of aromatic nitrogens is 2. The molecule has 2 aromatic heterocycles. The number of amides is 2. The Bertz CT molecular complexity index is 978. The summed E-state index contributed by atoms with van der Waals surface area (Å²) in [6.45, 7) is -0.152. The van der Waals surface area contributed by atoms with Crippen LogP contribution in [0.5, 0.6) is 0 Å². The fourth-order valence-electron chi connectivity index (χ4n) is 2.64. The van der Waals surface area contributed by atoms with Crippen LogP contribution in [0.3, 0.4) is 0 Å². The second-order valence-electron chi connectivity index (χ2n) is 5.77. The molecule has 3 heterocycles. The van der Waals surface area contributed by atoms with Crippen LogP contribution in [0.25, 0.3) is 11.4 Å². The molecular weight excluding hydrogens is 370 g/mol. The molecule has 1 fully saturated rings. The number of hydrogen-bond donors (Lipinski definition) is 0. The molecule has 3 aromatic rings. The molecule has 1 aromatic carbocycles. The fraction of sp³-hybridized carbons (Fsp3) is 0.167. The molecule has 4 rings (SSSR count). The van der Waals surface area contributed by atoms with Gasteiger partial charge in [0.05, 0.1) is 11.3 Å². The maximum Gasteiger partial charge on any atom is 0.338 e. The molecule has 1 aliphatic heterocycles. The van der Waals surface area contributed by atoms with Crippen molar-refractivity contribution in [1.29, 1.82) is 0 Å². The Balaban J connectivity index is 1.39. The van der Waals surface area contributed by atoms with Gasteiger partial charge in [-0.3, -0.25) is 14.5 Å². The molecule has 1 saturated heterocycles. The number of ether oxygens (including phenoxy) is 1. The Morgan fingerprint density at radius 2 is 1.89 bits per heavy atom. The molecule has 0 unspecified atom stereocenters. The van der Waals surface area contributed by atoms with Gasteiger partial charge in [-0.2, -0.15) is 16.3 Å². The molecule has 0 N–H and O–H groups in total. The second-order valence-corrected chi connectivity index (χ2v) is 6.55. The average molecular weight is 383 g/mol. The number of rotatable bonds is 5. The van der Waals surface area contributed by atoms with E-state index in [0.717, 1.165) is 10.5 Å². The van der Waals surface area contributed by atoms with E-state index in [1.165, 1.54) is 23.5 Å². The number of nitrogens with zero attached hydrogens (tertiary/aromatic N) is 3. The summed E-state index contributed by atoms with van der Waals surface area (Å²) in [6, 6.07) is 7.95. The molecule has 2 amide bonds. The number of hydrogen-bond acceptors (Lipinski definition) is 8. The highest BCUT2D eigenvalue weighted by atomic mass is 32.1. The Morgan fingerprint density at radius 3 is 2.56 bits per heavy atom. The van der Waals surface area contributed by atoms with Gasteiger partial charge in [-0.05, 0) is 35.7 Å². The maximum absolute atomic E-state index is 12.2. The summed E-state index contributed by atoms with van der Waals surface area (Å²) in [4.78, 5) is 40.9. The van der Waals surface area contributed by atoms with Crippen LogP contribution in [-0.4, -0.2) is 27.9 Å². The lowest BCUT2D eigenvalue weighted by Gasteiger charge is -2.13. The predicted molar refractivity (Wildman–Crippen MR) is 94.9 cm³/mol. The number of thiophene rings is 1. The summed E-state index contributed by atoms with van der Waals surface area (Å²) in [5.41, 5.74) is 1.56. The van der Waals surface area contributed by atoms with E-state index in [1.807, 2.05) is 16.8 Å². The van der Waals surface area contributed by atoms with Crippen LogP contribution in [0.4, 0.5) is 5.69 Å². The van der Waals surface area contributed by atoms with Crippen LogP contribution in [-0.2, 0) is 20.9 Å². The Labute approximate surface area is 157 Å². The molecule has 0 saturated carbocycles. The van der Waals surface area contributed by atoms with E-state index in [9.17, 15) is 14.4 Å². The molecular formula is C18H13N3O5S. The molecule has 136 valence electrons. The molecule has 8 nitrogen and oxygen atoms in total. The van der Waals surface area contributed by atoms with Gasteiger partial charge in [-0.25, -0.2) is 4.79 Å². The van der Waals surface area contributed by atoms with Gasteiger partial charge in [0.2, 0.25) is 17.6 Å². The highest BCUT2D eigenvalue weighted by Crippen LogP contribution is 2.23. The van der Waals surface area contributed by atoms with Crippen molar-refractivity contribution < 1.29 is 23.6 Å². The summed E-state index contributed by atoms with van der Waals surface area (Å²) in [7, 11) is 0. The standard InChI is InChI=1S/C18H13N3O5S/c22-15-5-6-16(23)21(15)13-3-1-11(2-4-13)18(24)25-9-14-19-17(20-26-14)12-7-8-27-10-12/h1-4,7-8,10H,5-6,9H2. The molecule has 0 bridgehead atoms. The first-order valence-electron chi connectivity index (χ1n) is 8.10. The zero-order valence-electron chi connectivity index (χ0n) is 14.0. The van der Waals surface area contributed by atoms with Crippen molar-refractivity contribution in [2.45, 2.75) is 19.4 Å². The number of anilines is 1. The first-order valence-corrected chi connectivity index (χ1v) is 9.04. The van der Waals surface area contributed by atoms with Gasteiger partial charge in [-0.1, -0.05) is 5.16 Å². The summed E-state index contributed by atoms with van der Waals surface area (Å²) >= 11 is 1.52. The fourth-order valence-corrected chi connectivity index (χ4v) is 3.28. The van der Waals surface area contributed by atoms with Crippen molar-refractivity contribution in [3.05, 3.63) is 52.5 Å². The van der Waals surface area contributed by atoms with Crippen LogP contribution in [0.2, 0.25) is 0 Å². The smallest absolute Gasteiger partial charge is 0.338 e. The molecule has 27 heavy (non-hydrogen) atoms. The Kier molecular flexibility index (Phi) is 4.51. The second kappa shape index (κ2) is 7.12. The van der Waals surface area contributed by atoms with Crippen molar-refractivity contribution in [2.75, 3.05) is 4.90 Å². The van der Waals surface area contributed by atoms with Crippen LogP contribution < -0.4 is 4.90 Å². The van der Waals surface area contributed by atoms with Crippen molar-refractivity contribution in [1.82, 2.24) is 10.1 Å². The summed E-state index contributed by atoms with van der Waals surface area (Å²) in [5.74, 6) is -0.432. The molecule has 9 heteroatoms. The van der Waals surface area contributed by atoms with E-state index in [1.54, 1.807) is 12.1 Å². The Morgan fingerprint density at radius 1 is 1.15 bits per heavy atom. The normalized spacial score (nSPS) is 14.0. The number of carbonyl (C=O) groups excluding carboxylic acids is 3. The largest absolute Gasteiger partial charge is 0.452 e. The third kappa shape index (κ3) is 3.49. The summed E-state index contributed by atoms with van der Waals surface area (Å²) < 4.78 is 10.2. The van der Waals surface area contributed by atoms with Crippen LogP contribution >= 0.6 is 11.3 Å². The van der Waals surface area contributed by atoms with Gasteiger partial charge in [0, 0.05) is 23.8 Å². The van der Waals surface area contributed by atoms with Crippen molar-refractivity contribution >= 4 is 34.8 Å². The van der Waals surface area contributed by atoms with Crippen LogP contribution in [0, 0.1) is 0 Å². The zero-order chi connectivity index (χ0) is 18.8. The number of esters is 1. The first-order chi connectivity index (χ1) is 13.1. The van der Waals surface area contributed by atoms with Gasteiger partial charge in [0.1, 0.15) is 0 Å². The van der Waals surface area contributed by atoms with Gasteiger partial charge >= 0.3 is 5.97 Å². The minimum absolute atomic E-state index is 0.152. The van der Waals surface area contributed by atoms with Crippen molar-refractivity contribution in [3.63, 3.8) is 0 Å². The lowest BCUT2D eigenvalue weighted by molar-refractivity contribution is -0.121. The average Bonchev–Trinajstić information content (AvgIpc) is 3.41. The minimum Gasteiger partial charge on any atom is -0.452 e. The highest BCUT2D eigenvalue weighted by Gasteiger charge is 2.30. The third-order valence-corrected chi connectivity index (χ3v) is 4.67. The molecule has 1 aliphatic rings. The summed E-state index contributed by atoms with van der Waals surface area (Å²) in [6.07, 6.45) is 0.417. The number of imide groups is 1. The SMILES string of the molecule is O=C(OCc1nc(-c2ccsc2)no1)c1ccc(N2C(=O)CCC2=O)cc1. The third-order valence-electron chi connectivity index (χ3n) is 3.99. The van der Waals surface area contributed by atoms with Crippen molar-refractivity contribution in [3.8, 4) is 11.4 Å². The van der Waals surface area contributed by atoms with E-state index < -0.39 is 5.97 Å². The number of carbonyl (C=O) groups is 3. The zero-order valence-corrected chi connectivity index (χ0v) is 14.8. The highest BCUT2D eigenvalue weighted by molar-refractivity contribution is 7.08. The maximum atomic E-state index is 12.2. The van der Waals surface area contributed by atoms with Gasteiger partial charge < -0.3 is 9.26 Å². The Hall–Kier alpha value is -3.33. The molecule has 0 aliphatic carbocycles. The van der Waals surface area contributed by atoms with E-state index in [4.69, 9.17) is 9.26 Å². The van der Waals surface area contributed by atoms with Crippen molar-refractivity contribution in [2.24, 2.45) is 0 Å². The lowest BCUT2D eigenvalue weighted by atomic mass is 10.2. The van der Waals surface area contributed by atoms with E-state index in [2.05, 4.69) is 10.1 Å². The first kappa shape index (κ1) is 17.1. The van der Waals surface area contributed by atoms with Crippen LogP contribution in [0.1, 0.15) is 29.1 Å². The van der Waals surface area contributed by atoms with E-state index in [-0.39, 0.29) is 42.7 Å². The van der Waals surface area contributed by atoms with Gasteiger partial charge in [0.15, 0.2) is 6.61 Å². The lowest BCUT2D eigenvalue weighted by Crippen LogP contribution is -2.28. The molecule has 0 atom stereocenters. The van der Waals surface area contributed by atoms with Crippen LogP contribution in [0.15, 0.2) is 45.6 Å². The quantitative estimate of drug-likeness (QED) is 0.493. The van der Waals surface area contributed by atoms with Gasteiger partial charge in [-0.15, -0.1) is 0 Å².